The van der Waals surface area contributed by atoms with Crippen LogP contribution in [-0.4, -0.2) is 35.9 Å². The second kappa shape index (κ2) is 12.4. The van der Waals surface area contributed by atoms with Gasteiger partial charge in [-0.15, -0.1) is 0 Å². The number of carbonyl (C=O) groups is 2. The van der Waals surface area contributed by atoms with Crippen LogP contribution in [0.5, 0.6) is 5.75 Å². The average Bonchev–Trinajstić information content (AvgIpc) is 2.74. The molecule has 2 amide bonds. The summed E-state index contributed by atoms with van der Waals surface area (Å²) >= 11 is 6.11. The zero-order valence-corrected chi connectivity index (χ0v) is 19.6. The van der Waals surface area contributed by atoms with E-state index in [2.05, 4.69) is 5.32 Å². The first-order chi connectivity index (χ1) is 14.8. The van der Waals surface area contributed by atoms with Crippen molar-refractivity contribution in [1.29, 1.82) is 0 Å². The SMILES string of the molecule is Cc1ccc(OCCCC(=O)N(Cc2cccc(Cl)c2)[C@H](C)C(=O)NCC(C)C)cc1. The van der Waals surface area contributed by atoms with Gasteiger partial charge in [-0.05, 0) is 56.0 Å². The number of nitrogens with zero attached hydrogens (tertiary/aromatic N) is 1. The van der Waals surface area contributed by atoms with Gasteiger partial charge >= 0.3 is 0 Å². The second-order valence-corrected chi connectivity index (χ2v) is 8.67. The van der Waals surface area contributed by atoms with Gasteiger partial charge in [0.25, 0.3) is 0 Å². The van der Waals surface area contributed by atoms with Crippen molar-refractivity contribution in [1.82, 2.24) is 10.2 Å². The van der Waals surface area contributed by atoms with E-state index in [9.17, 15) is 9.59 Å². The lowest BCUT2D eigenvalue weighted by atomic mass is 10.1. The van der Waals surface area contributed by atoms with E-state index < -0.39 is 6.04 Å². The maximum absolute atomic E-state index is 13.0. The number of halogens is 1. The standard InChI is InChI=1S/C25H33ClN2O3/c1-18(2)16-27-25(30)20(4)28(17-21-7-5-8-22(26)15-21)24(29)9-6-14-31-23-12-10-19(3)11-13-23/h5,7-8,10-13,15,18,20H,6,9,14,16-17H2,1-4H3,(H,27,30)/t20-/m1/s1. The molecule has 5 nitrogen and oxygen atoms in total. The molecule has 2 rings (SSSR count). The fraction of sp³-hybridized carbons (Fsp3) is 0.440. The first-order valence-electron chi connectivity index (χ1n) is 10.8. The Morgan fingerprint density at radius 2 is 1.81 bits per heavy atom. The zero-order chi connectivity index (χ0) is 22.8. The van der Waals surface area contributed by atoms with Crippen LogP contribution in [0.15, 0.2) is 48.5 Å². The van der Waals surface area contributed by atoms with Crippen molar-refractivity contribution in [2.75, 3.05) is 13.2 Å². The number of benzene rings is 2. The lowest BCUT2D eigenvalue weighted by Gasteiger charge is -2.29. The number of aryl methyl sites for hydroxylation is 1. The summed E-state index contributed by atoms with van der Waals surface area (Å²) in [5.74, 6) is 0.891. The number of amides is 2. The van der Waals surface area contributed by atoms with E-state index in [4.69, 9.17) is 16.3 Å². The summed E-state index contributed by atoms with van der Waals surface area (Å²) in [6, 6.07) is 14.6. The minimum Gasteiger partial charge on any atom is -0.494 e. The van der Waals surface area contributed by atoms with E-state index >= 15 is 0 Å². The lowest BCUT2D eigenvalue weighted by molar-refractivity contribution is -0.140. The van der Waals surface area contributed by atoms with Gasteiger partial charge in [-0.25, -0.2) is 0 Å². The molecule has 0 saturated carbocycles. The van der Waals surface area contributed by atoms with Crippen molar-refractivity contribution >= 4 is 23.4 Å². The summed E-state index contributed by atoms with van der Waals surface area (Å²) in [6.07, 6.45) is 0.868. The molecule has 0 unspecified atom stereocenters. The van der Waals surface area contributed by atoms with Gasteiger partial charge < -0.3 is 15.0 Å². The molecule has 0 aliphatic carbocycles. The van der Waals surface area contributed by atoms with E-state index in [1.54, 1.807) is 17.9 Å². The molecule has 0 aliphatic rings. The highest BCUT2D eigenvalue weighted by Gasteiger charge is 2.26. The molecule has 168 valence electrons. The molecule has 0 aromatic heterocycles. The molecule has 31 heavy (non-hydrogen) atoms. The molecule has 0 fully saturated rings. The van der Waals surface area contributed by atoms with Crippen molar-refractivity contribution in [2.45, 2.75) is 53.1 Å². The molecule has 6 heteroatoms. The van der Waals surface area contributed by atoms with E-state index in [0.29, 0.717) is 43.5 Å². The van der Waals surface area contributed by atoms with Gasteiger partial charge in [0.05, 0.1) is 6.61 Å². The third-order valence-electron chi connectivity index (χ3n) is 4.92. The lowest BCUT2D eigenvalue weighted by Crippen LogP contribution is -2.48. The summed E-state index contributed by atoms with van der Waals surface area (Å²) in [5, 5.41) is 3.53. The maximum Gasteiger partial charge on any atom is 0.242 e. The van der Waals surface area contributed by atoms with Crippen molar-refractivity contribution < 1.29 is 14.3 Å². The Morgan fingerprint density at radius 3 is 2.45 bits per heavy atom. The Morgan fingerprint density at radius 1 is 1.10 bits per heavy atom. The largest absolute Gasteiger partial charge is 0.494 e. The molecule has 0 bridgehead atoms. The fourth-order valence-corrected chi connectivity index (χ4v) is 3.27. The zero-order valence-electron chi connectivity index (χ0n) is 18.9. The van der Waals surface area contributed by atoms with Crippen molar-refractivity contribution in [3.05, 3.63) is 64.7 Å². The maximum atomic E-state index is 13.0. The Labute approximate surface area is 190 Å². The Bertz CT molecular complexity index is 852. The Kier molecular flexibility index (Phi) is 9.86. The summed E-state index contributed by atoms with van der Waals surface area (Å²) in [7, 11) is 0. The molecule has 0 aliphatic heterocycles. The molecule has 2 aromatic carbocycles. The van der Waals surface area contributed by atoms with Gasteiger partial charge in [-0.1, -0.05) is 55.3 Å². The van der Waals surface area contributed by atoms with Gasteiger partial charge in [0.1, 0.15) is 11.8 Å². The number of nitrogens with one attached hydrogen (secondary N) is 1. The van der Waals surface area contributed by atoms with Crippen LogP contribution in [0.1, 0.15) is 44.7 Å². The molecular weight excluding hydrogens is 412 g/mol. The van der Waals surface area contributed by atoms with E-state index in [1.807, 2.05) is 63.2 Å². The highest BCUT2D eigenvalue weighted by Crippen LogP contribution is 2.17. The Balaban J connectivity index is 1.98. The third kappa shape index (κ3) is 8.62. The van der Waals surface area contributed by atoms with Gasteiger partial charge in [0.2, 0.25) is 11.8 Å². The predicted octanol–water partition coefficient (Wildman–Crippen LogP) is 5.00. The number of rotatable bonds is 11. The van der Waals surface area contributed by atoms with Crippen LogP contribution < -0.4 is 10.1 Å². The first kappa shape index (κ1) is 24.7. The van der Waals surface area contributed by atoms with Crippen LogP contribution >= 0.6 is 11.6 Å². The summed E-state index contributed by atoms with van der Waals surface area (Å²) in [5.41, 5.74) is 2.06. The quantitative estimate of drug-likeness (QED) is 0.496. The minimum atomic E-state index is -0.580. The normalized spacial score (nSPS) is 11.8. The van der Waals surface area contributed by atoms with Gasteiger partial charge in [0.15, 0.2) is 0 Å². The summed E-state index contributed by atoms with van der Waals surface area (Å²) < 4.78 is 5.73. The van der Waals surface area contributed by atoms with Gasteiger partial charge in [-0.2, -0.15) is 0 Å². The molecule has 0 heterocycles. The topological polar surface area (TPSA) is 58.6 Å². The van der Waals surface area contributed by atoms with Crippen LogP contribution in [0.3, 0.4) is 0 Å². The number of carbonyl (C=O) groups excluding carboxylic acids is 2. The number of hydrogen-bond donors (Lipinski definition) is 1. The van der Waals surface area contributed by atoms with Crippen LogP contribution in [0.2, 0.25) is 5.02 Å². The van der Waals surface area contributed by atoms with Gasteiger partial charge in [-0.3, -0.25) is 9.59 Å². The minimum absolute atomic E-state index is 0.0836. The van der Waals surface area contributed by atoms with Gasteiger partial charge in [0, 0.05) is 24.5 Å². The van der Waals surface area contributed by atoms with E-state index in [1.165, 1.54) is 5.56 Å². The van der Waals surface area contributed by atoms with Crippen LogP contribution in [0.4, 0.5) is 0 Å². The first-order valence-corrected chi connectivity index (χ1v) is 11.1. The molecule has 0 spiro atoms. The van der Waals surface area contributed by atoms with Crippen molar-refractivity contribution in [2.24, 2.45) is 5.92 Å². The van der Waals surface area contributed by atoms with Crippen molar-refractivity contribution in [3.8, 4) is 5.75 Å². The molecular formula is C25H33ClN2O3. The second-order valence-electron chi connectivity index (χ2n) is 8.23. The predicted molar refractivity (Wildman–Crippen MR) is 125 cm³/mol. The van der Waals surface area contributed by atoms with Crippen LogP contribution in [-0.2, 0) is 16.1 Å². The summed E-state index contributed by atoms with van der Waals surface area (Å²) in [6.45, 7) is 9.20. The smallest absolute Gasteiger partial charge is 0.242 e. The van der Waals surface area contributed by atoms with Crippen LogP contribution in [0, 0.1) is 12.8 Å². The molecule has 0 saturated heterocycles. The van der Waals surface area contributed by atoms with Crippen molar-refractivity contribution in [3.63, 3.8) is 0 Å². The Hall–Kier alpha value is -2.53. The third-order valence-corrected chi connectivity index (χ3v) is 5.15. The average molecular weight is 445 g/mol. The number of hydrogen-bond acceptors (Lipinski definition) is 3. The van der Waals surface area contributed by atoms with Crippen LogP contribution in [0.25, 0.3) is 0 Å². The highest BCUT2D eigenvalue weighted by atomic mass is 35.5. The molecule has 0 radical (unpaired) electrons. The molecule has 1 N–H and O–H groups in total. The van der Waals surface area contributed by atoms with E-state index in [-0.39, 0.29) is 11.8 Å². The number of ether oxygens (including phenoxy) is 1. The highest BCUT2D eigenvalue weighted by molar-refractivity contribution is 6.30. The molecule has 2 aromatic rings. The summed E-state index contributed by atoms with van der Waals surface area (Å²) in [4.78, 5) is 27.3. The van der Waals surface area contributed by atoms with E-state index in [0.717, 1.165) is 11.3 Å². The molecule has 1 atom stereocenters. The monoisotopic (exact) mass is 444 g/mol. The fourth-order valence-electron chi connectivity index (χ4n) is 3.06.